The van der Waals surface area contributed by atoms with Crippen LogP contribution in [-0.4, -0.2) is 60.9 Å². The number of aliphatic hydroxyl groups excluding tert-OH is 1. The third kappa shape index (κ3) is 2.88. The molecule has 1 amide bonds. The van der Waals surface area contributed by atoms with Gasteiger partial charge in [-0.15, -0.1) is 0 Å². The lowest BCUT2D eigenvalue weighted by Gasteiger charge is -2.44. The Kier molecular flexibility index (Phi) is 3.87. The van der Waals surface area contributed by atoms with Gasteiger partial charge in [-0.05, 0) is 50.0 Å². The van der Waals surface area contributed by atoms with Gasteiger partial charge >= 0.3 is 0 Å². The van der Waals surface area contributed by atoms with Crippen LogP contribution in [0.3, 0.4) is 0 Å². The summed E-state index contributed by atoms with van der Waals surface area (Å²) in [7, 11) is 0. The average molecular weight is 318 g/mol. The van der Waals surface area contributed by atoms with E-state index in [1.54, 1.807) is 18.2 Å². The molecule has 2 N–H and O–H groups in total. The van der Waals surface area contributed by atoms with Crippen molar-refractivity contribution in [2.45, 2.75) is 25.0 Å². The summed E-state index contributed by atoms with van der Waals surface area (Å²) in [5.41, 5.74) is 0.589. The maximum atomic E-state index is 12.5. The van der Waals surface area contributed by atoms with E-state index >= 15 is 0 Å². The minimum absolute atomic E-state index is 0.0561. The number of ether oxygens (including phenoxy) is 2. The number of piperidine rings is 3. The zero-order valence-electron chi connectivity index (χ0n) is 13.0. The van der Waals surface area contributed by atoms with E-state index in [1.165, 1.54) is 12.8 Å². The molecule has 23 heavy (non-hydrogen) atoms. The van der Waals surface area contributed by atoms with Crippen LogP contribution >= 0.6 is 0 Å². The second-order valence-corrected chi connectivity index (χ2v) is 6.61. The van der Waals surface area contributed by atoms with Crippen molar-refractivity contribution in [3.05, 3.63) is 23.8 Å². The normalized spacial score (nSPS) is 31.7. The fourth-order valence-electron chi connectivity index (χ4n) is 3.73. The first-order valence-electron chi connectivity index (χ1n) is 8.30. The van der Waals surface area contributed by atoms with Crippen LogP contribution in [0.5, 0.6) is 11.5 Å². The van der Waals surface area contributed by atoms with E-state index in [2.05, 4.69) is 10.2 Å². The van der Waals surface area contributed by atoms with Gasteiger partial charge in [0.2, 0.25) is 0 Å². The predicted molar refractivity (Wildman–Crippen MR) is 83.9 cm³/mol. The van der Waals surface area contributed by atoms with Crippen LogP contribution in [0.15, 0.2) is 18.2 Å². The smallest absolute Gasteiger partial charge is 0.251 e. The molecule has 124 valence electrons. The van der Waals surface area contributed by atoms with Crippen LogP contribution in [0, 0.1) is 5.92 Å². The van der Waals surface area contributed by atoms with Gasteiger partial charge in [-0.3, -0.25) is 4.79 Å². The van der Waals surface area contributed by atoms with Gasteiger partial charge in [0.05, 0.1) is 6.61 Å². The largest absolute Gasteiger partial charge is 0.486 e. The Bertz CT molecular complexity index is 598. The van der Waals surface area contributed by atoms with Crippen molar-refractivity contribution in [3.63, 3.8) is 0 Å². The third-order valence-corrected chi connectivity index (χ3v) is 5.10. The summed E-state index contributed by atoms with van der Waals surface area (Å²) in [6, 6.07) is 5.46. The van der Waals surface area contributed by atoms with E-state index in [-0.39, 0.29) is 24.7 Å². The van der Waals surface area contributed by atoms with Crippen LogP contribution in [-0.2, 0) is 0 Å². The lowest BCUT2D eigenvalue weighted by atomic mass is 9.84. The number of fused-ring (bicyclic) bond motifs is 4. The number of benzene rings is 1. The van der Waals surface area contributed by atoms with Crippen molar-refractivity contribution in [2.75, 3.05) is 32.8 Å². The van der Waals surface area contributed by atoms with E-state index in [1.807, 2.05) is 0 Å². The summed E-state index contributed by atoms with van der Waals surface area (Å²) in [4.78, 5) is 14.9. The molecule has 2 atom stereocenters. The van der Waals surface area contributed by atoms with Crippen molar-refractivity contribution < 1.29 is 19.4 Å². The highest BCUT2D eigenvalue weighted by Gasteiger charge is 2.35. The first-order valence-corrected chi connectivity index (χ1v) is 8.30. The standard InChI is InChI=1S/C17H22N2O4/c20-9-13-10-22-16-7-12(1-2-15(16)23-13)17(21)18-14-8-19-5-3-11(14)4-6-19/h1-2,7,11,13-14,20H,3-6,8-10H2,(H,18,21)/t13-,14+/m1/s1. The molecule has 2 bridgehead atoms. The summed E-state index contributed by atoms with van der Waals surface area (Å²) >= 11 is 0. The first-order chi connectivity index (χ1) is 11.2. The van der Waals surface area contributed by atoms with Crippen molar-refractivity contribution in [1.82, 2.24) is 10.2 Å². The van der Waals surface area contributed by atoms with Gasteiger partial charge in [0, 0.05) is 18.2 Å². The number of hydrogen-bond acceptors (Lipinski definition) is 5. The highest BCUT2D eigenvalue weighted by Crippen LogP contribution is 2.33. The third-order valence-electron chi connectivity index (χ3n) is 5.10. The predicted octanol–water partition coefficient (Wildman–Crippen LogP) is 0.643. The molecule has 4 heterocycles. The molecule has 4 aliphatic heterocycles. The summed E-state index contributed by atoms with van der Waals surface area (Å²) in [6.45, 7) is 3.49. The van der Waals surface area contributed by atoms with Gasteiger partial charge in [-0.2, -0.15) is 0 Å². The van der Waals surface area contributed by atoms with Gasteiger partial charge < -0.3 is 24.8 Å². The van der Waals surface area contributed by atoms with E-state index in [4.69, 9.17) is 14.6 Å². The molecule has 1 aromatic carbocycles. The minimum atomic E-state index is -0.339. The second-order valence-electron chi connectivity index (χ2n) is 6.61. The van der Waals surface area contributed by atoms with E-state index in [0.717, 1.165) is 19.6 Å². The molecule has 0 radical (unpaired) electrons. The van der Waals surface area contributed by atoms with Gasteiger partial charge in [-0.1, -0.05) is 0 Å². The Balaban J connectivity index is 1.45. The lowest BCUT2D eigenvalue weighted by molar-refractivity contribution is 0.0454. The molecule has 0 spiro atoms. The van der Waals surface area contributed by atoms with E-state index in [9.17, 15) is 4.79 Å². The number of aliphatic hydroxyl groups is 1. The average Bonchev–Trinajstić information content (AvgIpc) is 2.61. The van der Waals surface area contributed by atoms with Crippen LogP contribution < -0.4 is 14.8 Å². The fourth-order valence-corrected chi connectivity index (χ4v) is 3.73. The summed E-state index contributed by atoms with van der Waals surface area (Å²) < 4.78 is 11.2. The Morgan fingerprint density at radius 2 is 2.13 bits per heavy atom. The van der Waals surface area contributed by atoms with Gasteiger partial charge in [0.1, 0.15) is 6.61 Å². The van der Waals surface area contributed by atoms with Gasteiger partial charge in [-0.25, -0.2) is 0 Å². The lowest BCUT2D eigenvalue weighted by Crippen LogP contribution is -2.57. The molecule has 4 aliphatic rings. The zero-order chi connectivity index (χ0) is 15.8. The summed E-state index contributed by atoms with van der Waals surface area (Å²) in [5, 5.41) is 12.3. The van der Waals surface area contributed by atoms with Crippen LogP contribution in [0.25, 0.3) is 0 Å². The molecule has 6 heteroatoms. The quantitative estimate of drug-likeness (QED) is 0.856. The number of rotatable bonds is 3. The zero-order valence-corrected chi connectivity index (χ0v) is 13.0. The van der Waals surface area contributed by atoms with Crippen LogP contribution in [0.4, 0.5) is 0 Å². The van der Waals surface area contributed by atoms with E-state index < -0.39 is 0 Å². The molecule has 0 aliphatic carbocycles. The molecule has 0 aromatic heterocycles. The summed E-state index contributed by atoms with van der Waals surface area (Å²) in [6.07, 6.45) is 2.01. The Hall–Kier alpha value is -1.79. The number of carbonyl (C=O) groups excluding carboxylic acids is 1. The minimum Gasteiger partial charge on any atom is -0.486 e. The van der Waals surface area contributed by atoms with Crippen LogP contribution in [0.1, 0.15) is 23.2 Å². The molecule has 1 aromatic rings. The molecule has 0 unspecified atom stereocenters. The molecule has 3 saturated heterocycles. The van der Waals surface area contributed by atoms with Gasteiger partial charge in [0.25, 0.3) is 5.91 Å². The van der Waals surface area contributed by atoms with E-state index in [0.29, 0.717) is 29.6 Å². The molecule has 5 rings (SSSR count). The Morgan fingerprint density at radius 1 is 1.30 bits per heavy atom. The summed E-state index contributed by atoms with van der Waals surface area (Å²) in [5.74, 6) is 1.69. The fraction of sp³-hybridized carbons (Fsp3) is 0.588. The highest BCUT2D eigenvalue weighted by atomic mass is 16.6. The molecule has 3 fully saturated rings. The monoisotopic (exact) mass is 318 g/mol. The second kappa shape index (κ2) is 6.02. The molecular weight excluding hydrogens is 296 g/mol. The van der Waals surface area contributed by atoms with Gasteiger partial charge in [0.15, 0.2) is 17.6 Å². The maximum absolute atomic E-state index is 12.5. The Morgan fingerprint density at radius 3 is 2.83 bits per heavy atom. The molecule has 6 nitrogen and oxygen atoms in total. The molecular formula is C17H22N2O4. The van der Waals surface area contributed by atoms with Crippen molar-refractivity contribution in [3.8, 4) is 11.5 Å². The number of carbonyl (C=O) groups is 1. The number of hydrogen-bond donors (Lipinski definition) is 2. The number of nitrogens with zero attached hydrogens (tertiary/aromatic N) is 1. The molecule has 0 saturated carbocycles. The Labute approximate surface area is 135 Å². The SMILES string of the molecule is O=C(N[C@H]1CN2CCC1CC2)c1ccc2c(c1)OC[C@@H](CO)O2. The highest BCUT2D eigenvalue weighted by molar-refractivity contribution is 5.95. The number of amides is 1. The topological polar surface area (TPSA) is 71.0 Å². The maximum Gasteiger partial charge on any atom is 0.251 e. The van der Waals surface area contributed by atoms with Crippen molar-refractivity contribution in [2.24, 2.45) is 5.92 Å². The van der Waals surface area contributed by atoms with Crippen molar-refractivity contribution in [1.29, 1.82) is 0 Å². The van der Waals surface area contributed by atoms with Crippen LogP contribution in [0.2, 0.25) is 0 Å². The number of nitrogens with one attached hydrogen (secondary N) is 1. The van der Waals surface area contributed by atoms with Crippen molar-refractivity contribution >= 4 is 5.91 Å². The first kappa shape index (κ1) is 14.8.